The number of piperazine rings is 1. The lowest BCUT2D eigenvalue weighted by atomic mass is 10.1. The van der Waals surface area contributed by atoms with Gasteiger partial charge in [-0.25, -0.2) is 4.98 Å². The largest absolute Gasteiger partial charge is 0.409 e. The highest BCUT2D eigenvalue weighted by Gasteiger charge is 2.26. The van der Waals surface area contributed by atoms with E-state index in [0.717, 1.165) is 44.0 Å². The van der Waals surface area contributed by atoms with Crippen LogP contribution < -0.4 is 10.6 Å². The number of amidine groups is 1. The van der Waals surface area contributed by atoms with Gasteiger partial charge in [-0.05, 0) is 20.3 Å². The SMILES string of the molecule is CCC(C(N)=NO)N1CCN(c2nnc(C)c(C)n2)CC1. The average Bonchev–Trinajstić information content (AvgIpc) is 2.51. The summed E-state index contributed by atoms with van der Waals surface area (Å²) in [7, 11) is 0. The molecule has 1 aliphatic heterocycles. The van der Waals surface area contributed by atoms with Crippen LogP contribution >= 0.6 is 0 Å². The summed E-state index contributed by atoms with van der Waals surface area (Å²) in [6.45, 7) is 9.13. The fourth-order valence-electron chi connectivity index (χ4n) is 2.53. The molecule has 1 unspecified atom stereocenters. The second-order valence-electron chi connectivity index (χ2n) is 5.25. The van der Waals surface area contributed by atoms with Crippen LogP contribution in [0.1, 0.15) is 24.7 Å². The van der Waals surface area contributed by atoms with Crippen molar-refractivity contribution in [3.63, 3.8) is 0 Å². The van der Waals surface area contributed by atoms with Crippen molar-refractivity contribution in [3.05, 3.63) is 11.4 Å². The van der Waals surface area contributed by atoms with Gasteiger partial charge in [0.2, 0.25) is 5.95 Å². The summed E-state index contributed by atoms with van der Waals surface area (Å²) >= 11 is 0. The van der Waals surface area contributed by atoms with E-state index in [4.69, 9.17) is 10.9 Å². The molecule has 0 spiro atoms. The van der Waals surface area contributed by atoms with Gasteiger partial charge in [-0.2, -0.15) is 5.10 Å². The van der Waals surface area contributed by atoms with Crippen LogP contribution in [0.15, 0.2) is 5.16 Å². The second-order valence-corrected chi connectivity index (χ2v) is 5.25. The van der Waals surface area contributed by atoms with E-state index in [-0.39, 0.29) is 11.9 Å². The third-order valence-electron chi connectivity index (χ3n) is 3.96. The molecule has 8 nitrogen and oxygen atoms in total. The molecular weight excluding hydrogens is 270 g/mol. The fraction of sp³-hybridized carbons (Fsp3) is 0.692. The maximum atomic E-state index is 8.85. The monoisotopic (exact) mass is 293 g/mol. The van der Waals surface area contributed by atoms with Gasteiger partial charge in [-0.15, -0.1) is 5.10 Å². The van der Waals surface area contributed by atoms with Crippen molar-refractivity contribution < 1.29 is 5.21 Å². The normalized spacial score (nSPS) is 18.8. The maximum Gasteiger partial charge on any atom is 0.245 e. The number of aryl methyl sites for hydroxylation is 2. The van der Waals surface area contributed by atoms with Gasteiger partial charge in [-0.3, -0.25) is 4.90 Å². The van der Waals surface area contributed by atoms with E-state index in [2.05, 4.69) is 30.1 Å². The van der Waals surface area contributed by atoms with Crippen LogP contribution in [0.4, 0.5) is 5.95 Å². The van der Waals surface area contributed by atoms with Gasteiger partial charge in [0.15, 0.2) is 5.84 Å². The highest BCUT2D eigenvalue weighted by molar-refractivity contribution is 5.85. The first-order chi connectivity index (χ1) is 10.1. The number of nitrogens with two attached hydrogens (primary N) is 1. The molecule has 1 fully saturated rings. The van der Waals surface area contributed by atoms with Crippen LogP contribution in [-0.4, -0.2) is 63.3 Å². The first-order valence-corrected chi connectivity index (χ1v) is 7.21. The van der Waals surface area contributed by atoms with Crippen molar-refractivity contribution in [3.8, 4) is 0 Å². The number of oxime groups is 1. The summed E-state index contributed by atoms with van der Waals surface area (Å²) < 4.78 is 0. The quantitative estimate of drug-likeness (QED) is 0.352. The Labute approximate surface area is 124 Å². The Morgan fingerprint density at radius 2 is 1.90 bits per heavy atom. The predicted molar refractivity (Wildman–Crippen MR) is 80.6 cm³/mol. The Morgan fingerprint density at radius 3 is 2.43 bits per heavy atom. The van der Waals surface area contributed by atoms with Crippen molar-refractivity contribution in [2.24, 2.45) is 10.9 Å². The maximum absolute atomic E-state index is 8.85. The molecule has 0 aromatic carbocycles. The molecule has 2 heterocycles. The third kappa shape index (κ3) is 3.38. The topological polar surface area (TPSA) is 104 Å². The number of hydrogen-bond acceptors (Lipinski definition) is 7. The molecule has 0 amide bonds. The molecule has 0 saturated carbocycles. The molecule has 1 atom stereocenters. The van der Waals surface area contributed by atoms with Crippen molar-refractivity contribution in [2.45, 2.75) is 33.2 Å². The highest BCUT2D eigenvalue weighted by atomic mass is 16.4. The first-order valence-electron chi connectivity index (χ1n) is 7.21. The minimum Gasteiger partial charge on any atom is -0.409 e. The van der Waals surface area contributed by atoms with Crippen LogP contribution in [-0.2, 0) is 0 Å². The zero-order chi connectivity index (χ0) is 15.4. The molecule has 8 heteroatoms. The predicted octanol–water partition coefficient (Wildman–Crippen LogP) is 0.135. The van der Waals surface area contributed by atoms with E-state index in [9.17, 15) is 0 Å². The lowest BCUT2D eigenvalue weighted by molar-refractivity contribution is 0.215. The van der Waals surface area contributed by atoms with Crippen molar-refractivity contribution in [2.75, 3.05) is 31.1 Å². The van der Waals surface area contributed by atoms with Gasteiger partial charge in [0, 0.05) is 26.2 Å². The number of aromatic nitrogens is 3. The van der Waals surface area contributed by atoms with Crippen LogP contribution in [0.25, 0.3) is 0 Å². The Hall–Kier alpha value is -1.96. The number of nitrogens with zero attached hydrogens (tertiary/aromatic N) is 6. The fourth-order valence-corrected chi connectivity index (χ4v) is 2.53. The molecule has 0 bridgehead atoms. The van der Waals surface area contributed by atoms with E-state index in [1.54, 1.807) is 0 Å². The minimum atomic E-state index is -0.0176. The molecule has 1 aromatic rings. The molecule has 2 rings (SSSR count). The van der Waals surface area contributed by atoms with E-state index in [1.807, 2.05) is 20.8 Å². The lowest BCUT2D eigenvalue weighted by Crippen LogP contribution is -2.54. The summed E-state index contributed by atoms with van der Waals surface area (Å²) in [5, 5.41) is 20.3. The van der Waals surface area contributed by atoms with Crippen LogP contribution in [0.2, 0.25) is 0 Å². The standard InChI is InChI=1S/C13H23N7O/c1-4-11(12(14)18-21)19-5-7-20(8-6-19)13-15-9(2)10(3)16-17-13/h11,21H,4-8H2,1-3H3,(H2,14,18). The van der Waals surface area contributed by atoms with Crippen LogP contribution in [0, 0.1) is 13.8 Å². The summed E-state index contributed by atoms with van der Waals surface area (Å²) in [5.41, 5.74) is 7.52. The summed E-state index contributed by atoms with van der Waals surface area (Å²) in [6.07, 6.45) is 0.817. The van der Waals surface area contributed by atoms with Crippen molar-refractivity contribution in [1.82, 2.24) is 20.1 Å². The van der Waals surface area contributed by atoms with E-state index in [0.29, 0.717) is 5.95 Å². The lowest BCUT2D eigenvalue weighted by Gasteiger charge is -2.38. The number of anilines is 1. The molecule has 1 aliphatic rings. The van der Waals surface area contributed by atoms with Gasteiger partial charge in [0.05, 0.1) is 17.4 Å². The van der Waals surface area contributed by atoms with Gasteiger partial charge in [0.1, 0.15) is 0 Å². The zero-order valence-electron chi connectivity index (χ0n) is 12.8. The molecule has 3 N–H and O–H groups in total. The Morgan fingerprint density at radius 1 is 1.24 bits per heavy atom. The second kappa shape index (κ2) is 6.66. The van der Waals surface area contributed by atoms with E-state index >= 15 is 0 Å². The molecule has 0 aliphatic carbocycles. The molecular formula is C13H23N7O. The molecule has 21 heavy (non-hydrogen) atoms. The van der Waals surface area contributed by atoms with Gasteiger partial charge in [0.25, 0.3) is 0 Å². The Kier molecular flexibility index (Phi) is 4.89. The summed E-state index contributed by atoms with van der Waals surface area (Å²) in [5.74, 6) is 0.949. The van der Waals surface area contributed by atoms with E-state index < -0.39 is 0 Å². The van der Waals surface area contributed by atoms with Gasteiger partial charge < -0.3 is 15.8 Å². The van der Waals surface area contributed by atoms with Gasteiger partial charge >= 0.3 is 0 Å². The summed E-state index contributed by atoms with van der Waals surface area (Å²) in [6, 6.07) is -0.0176. The molecule has 0 radical (unpaired) electrons. The molecule has 1 saturated heterocycles. The molecule has 116 valence electrons. The smallest absolute Gasteiger partial charge is 0.245 e. The van der Waals surface area contributed by atoms with E-state index in [1.165, 1.54) is 0 Å². The first kappa shape index (κ1) is 15.4. The Bertz CT molecular complexity index is 511. The Balaban J connectivity index is 2.01. The zero-order valence-corrected chi connectivity index (χ0v) is 12.8. The van der Waals surface area contributed by atoms with Crippen molar-refractivity contribution in [1.29, 1.82) is 0 Å². The number of rotatable bonds is 4. The van der Waals surface area contributed by atoms with Crippen LogP contribution in [0.5, 0.6) is 0 Å². The average molecular weight is 293 g/mol. The molecule has 1 aromatic heterocycles. The summed E-state index contributed by atoms with van der Waals surface area (Å²) in [4.78, 5) is 8.83. The minimum absolute atomic E-state index is 0.0176. The van der Waals surface area contributed by atoms with Gasteiger partial charge in [-0.1, -0.05) is 12.1 Å². The van der Waals surface area contributed by atoms with Crippen molar-refractivity contribution >= 4 is 11.8 Å². The highest BCUT2D eigenvalue weighted by Crippen LogP contribution is 2.14. The number of hydrogen-bond donors (Lipinski definition) is 2. The van der Waals surface area contributed by atoms with Crippen LogP contribution in [0.3, 0.4) is 0 Å². The third-order valence-corrected chi connectivity index (χ3v) is 3.96.